The van der Waals surface area contributed by atoms with Crippen LogP contribution in [0.1, 0.15) is 20.8 Å². The highest BCUT2D eigenvalue weighted by Gasteiger charge is 2.40. The van der Waals surface area contributed by atoms with Crippen molar-refractivity contribution >= 4 is 5.91 Å². The van der Waals surface area contributed by atoms with E-state index in [4.69, 9.17) is 5.11 Å². The molecule has 1 fully saturated rings. The average Bonchev–Trinajstić information content (AvgIpc) is 1.79. The molecule has 0 radical (unpaired) electrons. The topological polar surface area (TPSA) is 60.8 Å². The van der Waals surface area contributed by atoms with Gasteiger partial charge in [0.05, 0.1) is 5.60 Å². The van der Waals surface area contributed by atoms with E-state index in [1.54, 1.807) is 18.7 Å². The van der Waals surface area contributed by atoms with Gasteiger partial charge in [0.15, 0.2) is 0 Å². The third kappa shape index (κ3) is 2.19. The second kappa shape index (κ2) is 3.27. The van der Waals surface area contributed by atoms with Gasteiger partial charge in [0.1, 0.15) is 6.10 Å². The minimum atomic E-state index is -0.928. The Kier molecular flexibility index (Phi) is 2.63. The lowest BCUT2D eigenvalue weighted by molar-refractivity contribution is -0.152. The fourth-order valence-corrected chi connectivity index (χ4v) is 1.37. The van der Waals surface area contributed by atoms with Crippen molar-refractivity contribution in [3.8, 4) is 0 Å². The molecule has 0 aromatic heterocycles. The van der Waals surface area contributed by atoms with Gasteiger partial charge in [0.2, 0.25) is 0 Å². The van der Waals surface area contributed by atoms with Gasteiger partial charge in [-0.3, -0.25) is 4.79 Å². The van der Waals surface area contributed by atoms with Crippen LogP contribution in [0.3, 0.4) is 0 Å². The fraction of sp³-hybridized carbons (Fsp3) is 0.889. The number of amides is 1. The number of carbonyl (C=O) groups is 1. The summed E-state index contributed by atoms with van der Waals surface area (Å²) < 4.78 is 0. The molecule has 1 amide bonds. The Morgan fingerprint density at radius 1 is 1.54 bits per heavy atom. The van der Waals surface area contributed by atoms with Crippen molar-refractivity contribution in [3.05, 3.63) is 0 Å². The number of hydrogen-bond donors (Lipinski definition) is 2. The van der Waals surface area contributed by atoms with Gasteiger partial charge < -0.3 is 15.1 Å². The molecule has 1 rings (SSSR count). The largest absolute Gasteiger partial charge is 0.390 e. The Bertz CT molecular complexity index is 201. The fourth-order valence-electron chi connectivity index (χ4n) is 1.37. The summed E-state index contributed by atoms with van der Waals surface area (Å²) in [6.07, 6.45) is -0.928. The number of aliphatic hydroxyl groups is 2. The summed E-state index contributed by atoms with van der Waals surface area (Å²) in [5, 5.41) is 18.6. The van der Waals surface area contributed by atoms with Gasteiger partial charge in [0, 0.05) is 19.0 Å². The van der Waals surface area contributed by atoms with Crippen molar-refractivity contribution in [3.63, 3.8) is 0 Å². The zero-order valence-corrected chi connectivity index (χ0v) is 8.32. The van der Waals surface area contributed by atoms with E-state index in [1.807, 2.05) is 0 Å². The van der Waals surface area contributed by atoms with Crippen LogP contribution in [0, 0.1) is 5.92 Å². The van der Waals surface area contributed by atoms with E-state index in [0.29, 0.717) is 13.1 Å². The van der Waals surface area contributed by atoms with Crippen LogP contribution in [0.25, 0.3) is 0 Å². The second-order valence-electron chi connectivity index (χ2n) is 4.27. The van der Waals surface area contributed by atoms with Crippen molar-refractivity contribution in [2.75, 3.05) is 13.1 Å². The molecule has 13 heavy (non-hydrogen) atoms. The molecule has 4 nitrogen and oxygen atoms in total. The van der Waals surface area contributed by atoms with Crippen molar-refractivity contribution in [2.24, 2.45) is 5.92 Å². The Balaban J connectivity index is 2.38. The molecule has 76 valence electrons. The molecule has 1 aliphatic heterocycles. The molecule has 1 saturated heterocycles. The van der Waals surface area contributed by atoms with E-state index in [9.17, 15) is 9.90 Å². The van der Waals surface area contributed by atoms with Gasteiger partial charge in [-0.1, -0.05) is 0 Å². The van der Waals surface area contributed by atoms with Gasteiger partial charge in [-0.2, -0.15) is 0 Å². The summed E-state index contributed by atoms with van der Waals surface area (Å²) in [6, 6.07) is 0. The number of carbonyl (C=O) groups excluding carboxylic acids is 1. The molecule has 0 aromatic carbocycles. The molecule has 1 atom stereocenters. The Labute approximate surface area is 78.2 Å². The van der Waals surface area contributed by atoms with Crippen LogP contribution < -0.4 is 0 Å². The van der Waals surface area contributed by atoms with E-state index >= 15 is 0 Å². The molecule has 1 heterocycles. The summed E-state index contributed by atoms with van der Waals surface area (Å²) in [7, 11) is 0. The molecular formula is C9H17NO3. The zero-order valence-electron chi connectivity index (χ0n) is 8.32. The smallest absolute Gasteiger partial charge is 0.251 e. The van der Waals surface area contributed by atoms with E-state index in [0.717, 1.165) is 0 Å². The maximum atomic E-state index is 11.2. The van der Waals surface area contributed by atoms with Crippen LogP contribution in [0.5, 0.6) is 0 Å². The quantitative estimate of drug-likeness (QED) is 0.618. The monoisotopic (exact) mass is 187 g/mol. The van der Waals surface area contributed by atoms with Gasteiger partial charge >= 0.3 is 0 Å². The second-order valence-corrected chi connectivity index (χ2v) is 4.27. The number of nitrogens with zero attached hydrogens (tertiary/aromatic N) is 1. The first kappa shape index (κ1) is 10.5. The molecule has 4 heteroatoms. The van der Waals surface area contributed by atoms with Gasteiger partial charge in [-0.15, -0.1) is 0 Å². The number of likely N-dealkylation sites (tertiary alicyclic amines) is 1. The van der Waals surface area contributed by atoms with Gasteiger partial charge in [0.25, 0.3) is 5.91 Å². The highest BCUT2D eigenvalue weighted by atomic mass is 16.3. The number of aliphatic hydroxyl groups excluding tert-OH is 1. The van der Waals surface area contributed by atoms with Crippen LogP contribution in [0.15, 0.2) is 0 Å². The first-order chi connectivity index (χ1) is 5.82. The molecule has 1 aliphatic rings. The minimum absolute atomic E-state index is 0.134. The third-order valence-corrected chi connectivity index (χ3v) is 2.55. The SMILES string of the molecule is C[C@H](O)C(=O)N1CC(C(C)(C)O)C1. The average molecular weight is 187 g/mol. The summed E-state index contributed by atoms with van der Waals surface area (Å²) in [6.45, 7) is 6.03. The maximum absolute atomic E-state index is 11.2. The lowest BCUT2D eigenvalue weighted by Gasteiger charge is -2.45. The van der Waals surface area contributed by atoms with Crippen LogP contribution in [0.2, 0.25) is 0 Å². The normalized spacial score (nSPS) is 21.2. The predicted octanol–water partition coefficient (Wildman–Crippen LogP) is -0.404. The molecule has 0 unspecified atom stereocenters. The summed E-state index contributed by atoms with van der Waals surface area (Å²) >= 11 is 0. The van der Waals surface area contributed by atoms with Gasteiger partial charge in [-0.25, -0.2) is 0 Å². The molecule has 0 bridgehead atoms. The minimum Gasteiger partial charge on any atom is -0.390 e. The van der Waals surface area contributed by atoms with Crippen LogP contribution in [-0.4, -0.2) is 45.8 Å². The molecule has 0 aromatic rings. The highest BCUT2D eigenvalue weighted by Crippen LogP contribution is 2.27. The first-order valence-corrected chi connectivity index (χ1v) is 4.51. The molecule has 0 spiro atoms. The highest BCUT2D eigenvalue weighted by molar-refractivity contribution is 5.81. The molecule has 0 saturated carbocycles. The third-order valence-electron chi connectivity index (χ3n) is 2.55. The molecule has 2 N–H and O–H groups in total. The van der Waals surface area contributed by atoms with E-state index < -0.39 is 11.7 Å². The molecular weight excluding hydrogens is 170 g/mol. The van der Waals surface area contributed by atoms with E-state index in [-0.39, 0.29) is 11.8 Å². The van der Waals surface area contributed by atoms with Crippen molar-refractivity contribution in [1.29, 1.82) is 0 Å². The standard InChI is InChI=1S/C9H17NO3/c1-6(11)8(12)10-4-7(5-10)9(2,3)13/h6-7,11,13H,4-5H2,1-3H3/t6-/m0/s1. The Morgan fingerprint density at radius 2 is 2.00 bits per heavy atom. The van der Waals surface area contributed by atoms with Crippen molar-refractivity contribution in [2.45, 2.75) is 32.5 Å². The van der Waals surface area contributed by atoms with Gasteiger partial charge in [-0.05, 0) is 20.8 Å². The summed E-state index contributed by atoms with van der Waals surface area (Å²) in [4.78, 5) is 12.8. The zero-order chi connectivity index (χ0) is 10.2. The first-order valence-electron chi connectivity index (χ1n) is 4.51. The molecule has 0 aliphatic carbocycles. The lowest BCUT2D eigenvalue weighted by atomic mass is 9.84. The Morgan fingerprint density at radius 3 is 2.31 bits per heavy atom. The van der Waals surface area contributed by atoms with E-state index in [2.05, 4.69) is 0 Å². The number of hydrogen-bond acceptors (Lipinski definition) is 3. The van der Waals surface area contributed by atoms with Crippen molar-refractivity contribution in [1.82, 2.24) is 4.90 Å². The maximum Gasteiger partial charge on any atom is 0.251 e. The van der Waals surface area contributed by atoms with E-state index in [1.165, 1.54) is 6.92 Å². The summed E-state index contributed by atoms with van der Waals surface area (Å²) in [5.41, 5.74) is -0.727. The summed E-state index contributed by atoms with van der Waals surface area (Å²) in [5.74, 6) is -0.115. The van der Waals surface area contributed by atoms with Crippen LogP contribution in [0.4, 0.5) is 0 Å². The van der Waals surface area contributed by atoms with Crippen LogP contribution in [-0.2, 0) is 4.79 Å². The van der Waals surface area contributed by atoms with Crippen molar-refractivity contribution < 1.29 is 15.0 Å². The lowest BCUT2D eigenvalue weighted by Crippen LogP contribution is -2.59. The van der Waals surface area contributed by atoms with Crippen LogP contribution >= 0.6 is 0 Å². The predicted molar refractivity (Wildman–Crippen MR) is 48.0 cm³/mol. The Hall–Kier alpha value is -0.610. The number of rotatable bonds is 2.